The fourth-order valence-electron chi connectivity index (χ4n) is 5.50. The number of allylic oxidation sites excluding steroid dienone is 2. The third-order valence-electron chi connectivity index (χ3n) is 7.70. The predicted octanol–water partition coefficient (Wildman–Crippen LogP) is 5.23. The van der Waals surface area contributed by atoms with Crippen LogP contribution in [0.2, 0.25) is 0 Å². The number of nitrogens with zero attached hydrogens (tertiary/aromatic N) is 1. The zero-order valence-electron chi connectivity index (χ0n) is 23.9. The van der Waals surface area contributed by atoms with Gasteiger partial charge in [0.05, 0.1) is 17.8 Å². The molecule has 0 saturated carbocycles. The van der Waals surface area contributed by atoms with Crippen LogP contribution in [0.4, 0.5) is 14.5 Å². The minimum Gasteiger partial charge on any atom is -0.390 e. The third kappa shape index (κ3) is 8.81. The highest BCUT2D eigenvalue weighted by atomic mass is 32.1. The Balaban J connectivity index is 1.35. The van der Waals surface area contributed by atoms with Crippen LogP contribution in [-0.4, -0.2) is 42.2 Å². The second kappa shape index (κ2) is 15.2. The Bertz CT molecular complexity index is 1370. The van der Waals surface area contributed by atoms with Crippen LogP contribution in [0.5, 0.6) is 0 Å². The van der Waals surface area contributed by atoms with E-state index in [4.69, 9.17) is 0 Å². The smallest absolute Gasteiger partial charge is 0.224 e. The molecule has 2 aliphatic carbocycles. The molecule has 0 spiro atoms. The lowest BCUT2D eigenvalue weighted by Gasteiger charge is -2.25. The number of thiophene rings is 1. The van der Waals surface area contributed by atoms with Gasteiger partial charge in [-0.2, -0.15) is 5.26 Å². The van der Waals surface area contributed by atoms with Crippen LogP contribution >= 0.6 is 11.3 Å². The van der Waals surface area contributed by atoms with Crippen molar-refractivity contribution in [3.63, 3.8) is 0 Å². The summed E-state index contributed by atoms with van der Waals surface area (Å²) in [6, 6.07) is 4.44. The number of benzene rings is 1. The Morgan fingerprint density at radius 2 is 1.83 bits per heavy atom. The van der Waals surface area contributed by atoms with Crippen LogP contribution in [0.25, 0.3) is 0 Å². The number of aryl methyl sites for hydroxylation is 1. The zero-order chi connectivity index (χ0) is 30.1. The van der Waals surface area contributed by atoms with Crippen LogP contribution in [0.3, 0.4) is 0 Å². The van der Waals surface area contributed by atoms with Gasteiger partial charge in [0.2, 0.25) is 11.8 Å². The quantitative estimate of drug-likeness (QED) is 0.253. The summed E-state index contributed by atoms with van der Waals surface area (Å²) in [4.78, 5) is 27.2. The van der Waals surface area contributed by atoms with Gasteiger partial charge >= 0.3 is 0 Å². The Hall–Kier alpha value is -3.39. The SMILES string of the molecule is CCC1=CC(CNCC(O)C(Cc2cc(F)cc(F)c2)NC(=O)CCC(=O)Nc2c(C#N)sc3c2CCCC3)=CCC1. The predicted molar refractivity (Wildman–Crippen MR) is 160 cm³/mol. The molecule has 7 nitrogen and oxygen atoms in total. The molecule has 1 aromatic carbocycles. The fourth-order valence-corrected chi connectivity index (χ4v) is 6.64. The van der Waals surface area contributed by atoms with Crippen molar-refractivity contribution in [2.45, 2.75) is 83.3 Å². The molecule has 2 atom stereocenters. The van der Waals surface area contributed by atoms with Crippen molar-refractivity contribution in [2.24, 2.45) is 0 Å². The highest BCUT2D eigenvalue weighted by Gasteiger charge is 2.25. The molecule has 0 aliphatic heterocycles. The maximum atomic E-state index is 13.9. The van der Waals surface area contributed by atoms with Gasteiger partial charge in [-0.3, -0.25) is 9.59 Å². The van der Waals surface area contributed by atoms with E-state index in [0.29, 0.717) is 22.7 Å². The zero-order valence-corrected chi connectivity index (χ0v) is 24.7. The van der Waals surface area contributed by atoms with Crippen LogP contribution < -0.4 is 16.0 Å². The average Bonchev–Trinajstić information content (AvgIpc) is 3.32. The maximum Gasteiger partial charge on any atom is 0.224 e. The summed E-state index contributed by atoms with van der Waals surface area (Å²) in [5.74, 6) is -2.33. The number of aliphatic hydroxyl groups excluding tert-OH is 1. The van der Waals surface area contributed by atoms with Crippen molar-refractivity contribution in [2.75, 3.05) is 18.4 Å². The number of aliphatic hydroxyl groups is 1. The van der Waals surface area contributed by atoms with E-state index in [-0.39, 0.29) is 31.7 Å². The summed E-state index contributed by atoms with van der Waals surface area (Å²) in [6.07, 6.45) is 9.80. The van der Waals surface area contributed by atoms with Crippen molar-refractivity contribution in [1.82, 2.24) is 10.6 Å². The Morgan fingerprint density at radius 1 is 1.10 bits per heavy atom. The lowest BCUT2D eigenvalue weighted by Crippen LogP contribution is -2.49. The van der Waals surface area contributed by atoms with E-state index in [0.717, 1.165) is 67.0 Å². The number of rotatable bonds is 13. The van der Waals surface area contributed by atoms with Gasteiger partial charge in [0.15, 0.2) is 0 Å². The van der Waals surface area contributed by atoms with E-state index in [1.807, 2.05) is 0 Å². The molecule has 0 saturated heterocycles. The molecule has 1 heterocycles. The second-order valence-electron chi connectivity index (χ2n) is 10.9. The highest BCUT2D eigenvalue weighted by Crippen LogP contribution is 2.38. The van der Waals surface area contributed by atoms with Gasteiger partial charge in [-0.15, -0.1) is 11.3 Å². The first-order chi connectivity index (χ1) is 20.2. The first kappa shape index (κ1) is 31.5. The molecule has 2 aliphatic rings. The molecule has 224 valence electrons. The maximum absolute atomic E-state index is 13.9. The number of hydrogen-bond acceptors (Lipinski definition) is 6. The van der Waals surface area contributed by atoms with E-state index in [1.165, 1.54) is 29.0 Å². The molecule has 4 N–H and O–H groups in total. The molecule has 0 fully saturated rings. The number of fused-ring (bicyclic) bond motifs is 1. The molecular weight excluding hydrogens is 558 g/mol. The first-order valence-corrected chi connectivity index (χ1v) is 15.4. The lowest BCUT2D eigenvalue weighted by atomic mass is 9.97. The number of anilines is 1. The summed E-state index contributed by atoms with van der Waals surface area (Å²) in [6.45, 7) is 2.82. The molecule has 2 aromatic rings. The highest BCUT2D eigenvalue weighted by molar-refractivity contribution is 7.13. The largest absolute Gasteiger partial charge is 0.390 e. The van der Waals surface area contributed by atoms with Crippen molar-refractivity contribution in [1.29, 1.82) is 5.26 Å². The first-order valence-electron chi connectivity index (χ1n) is 14.6. The van der Waals surface area contributed by atoms with E-state index in [2.05, 4.69) is 41.1 Å². The number of halogens is 2. The Labute approximate surface area is 249 Å². The minimum atomic E-state index is -1.05. The van der Waals surface area contributed by atoms with Crippen LogP contribution in [0.1, 0.15) is 72.8 Å². The molecule has 2 amide bonds. The van der Waals surface area contributed by atoms with Crippen LogP contribution in [-0.2, 0) is 28.9 Å². The molecule has 42 heavy (non-hydrogen) atoms. The molecule has 1 aromatic heterocycles. The van der Waals surface area contributed by atoms with Gasteiger partial charge in [0, 0.05) is 36.9 Å². The number of carbonyl (C=O) groups excluding carboxylic acids is 2. The van der Waals surface area contributed by atoms with Gasteiger partial charge in [-0.05, 0) is 80.2 Å². The van der Waals surface area contributed by atoms with E-state index >= 15 is 0 Å². The van der Waals surface area contributed by atoms with Crippen molar-refractivity contribution < 1.29 is 23.5 Å². The Morgan fingerprint density at radius 3 is 2.57 bits per heavy atom. The topological polar surface area (TPSA) is 114 Å². The van der Waals surface area contributed by atoms with E-state index in [9.17, 15) is 28.7 Å². The van der Waals surface area contributed by atoms with Crippen LogP contribution in [0, 0.1) is 23.0 Å². The summed E-state index contributed by atoms with van der Waals surface area (Å²) < 4.78 is 27.7. The average molecular weight is 597 g/mol. The third-order valence-corrected chi connectivity index (χ3v) is 8.90. The van der Waals surface area contributed by atoms with Crippen molar-refractivity contribution >= 4 is 28.8 Å². The standard InChI is InChI=1S/C32H38F2N4O3S/c1-2-20-6-5-7-21(12-20)18-36-19-27(39)26(15-22-13-23(33)16-24(34)14-22)37-30(40)10-11-31(41)38-32-25-8-3-4-9-28(25)42-29(32)17-35/h7,12-14,16,26-27,36,39H,2-6,8-11,15,18-19H2,1H3,(H,37,40)(H,38,41). The van der Waals surface area contributed by atoms with Gasteiger partial charge in [-0.1, -0.05) is 24.6 Å². The molecular formula is C32H38F2N4O3S. The molecule has 10 heteroatoms. The fraction of sp³-hybridized carbons (Fsp3) is 0.469. The van der Waals surface area contributed by atoms with Crippen molar-refractivity contribution in [3.05, 3.63) is 74.0 Å². The number of amides is 2. The lowest BCUT2D eigenvalue weighted by molar-refractivity contribution is -0.125. The number of nitrogens with one attached hydrogen (secondary N) is 3. The molecule has 0 bridgehead atoms. The normalized spacial score (nSPS) is 16.0. The number of carbonyl (C=O) groups is 2. The molecule has 2 unspecified atom stereocenters. The van der Waals surface area contributed by atoms with E-state index in [1.54, 1.807) is 0 Å². The summed E-state index contributed by atoms with van der Waals surface area (Å²) in [5.41, 5.74) is 4.38. The summed E-state index contributed by atoms with van der Waals surface area (Å²) in [5, 5.41) is 29.3. The number of nitriles is 1. The van der Waals surface area contributed by atoms with E-state index < -0.39 is 29.7 Å². The molecule has 0 radical (unpaired) electrons. The van der Waals surface area contributed by atoms with Crippen LogP contribution in [0.15, 0.2) is 41.5 Å². The minimum absolute atomic E-state index is 0.00458. The summed E-state index contributed by atoms with van der Waals surface area (Å²) in [7, 11) is 0. The van der Waals surface area contributed by atoms with Gasteiger partial charge in [0.25, 0.3) is 0 Å². The van der Waals surface area contributed by atoms with Crippen molar-refractivity contribution in [3.8, 4) is 6.07 Å². The van der Waals surface area contributed by atoms with Gasteiger partial charge in [-0.25, -0.2) is 8.78 Å². The monoisotopic (exact) mass is 596 g/mol. The number of hydrogen-bond donors (Lipinski definition) is 4. The van der Waals surface area contributed by atoms with Gasteiger partial charge in [0.1, 0.15) is 22.6 Å². The van der Waals surface area contributed by atoms with Gasteiger partial charge < -0.3 is 21.1 Å². The molecule has 4 rings (SSSR count). The second-order valence-corrected chi connectivity index (χ2v) is 12.0. The Kier molecular flexibility index (Phi) is 11.4. The summed E-state index contributed by atoms with van der Waals surface area (Å²) >= 11 is 1.41.